The van der Waals surface area contributed by atoms with Gasteiger partial charge >= 0.3 is 5.97 Å². The van der Waals surface area contributed by atoms with Crippen LogP contribution in [0.5, 0.6) is 0 Å². The summed E-state index contributed by atoms with van der Waals surface area (Å²) in [7, 11) is 0. The fourth-order valence-electron chi connectivity index (χ4n) is 2.95. The summed E-state index contributed by atoms with van der Waals surface area (Å²) in [6.07, 6.45) is 2.10. The van der Waals surface area contributed by atoms with Crippen LogP contribution in [-0.2, 0) is 14.3 Å². The quantitative estimate of drug-likeness (QED) is 0.818. The van der Waals surface area contributed by atoms with Crippen molar-refractivity contribution < 1.29 is 14.3 Å². The number of rotatable bonds is 5. The van der Waals surface area contributed by atoms with E-state index in [0.29, 0.717) is 0 Å². The van der Waals surface area contributed by atoms with Gasteiger partial charge < -0.3 is 15.4 Å². The molecule has 126 valence electrons. The molecule has 23 heavy (non-hydrogen) atoms. The van der Waals surface area contributed by atoms with Crippen molar-refractivity contribution in [3.05, 3.63) is 29.3 Å². The van der Waals surface area contributed by atoms with Crippen LogP contribution in [0.4, 0.5) is 5.69 Å². The molecule has 0 aliphatic carbocycles. The topological polar surface area (TPSA) is 67.4 Å². The van der Waals surface area contributed by atoms with Crippen molar-refractivity contribution >= 4 is 17.6 Å². The van der Waals surface area contributed by atoms with Gasteiger partial charge in [0.05, 0.1) is 5.92 Å². The predicted molar refractivity (Wildman–Crippen MR) is 90.3 cm³/mol. The van der Waals surface area contributed by atoms with E-state index < -0.39 is 0 Å². The van der Waals surface area contributed by atoms with E-state index in [2.05, 4.69) is 10.6 Å². The van der Waals surface area contributed by atoms with Crippen molar-refractivity contribution in [3.63, 3.8) is 0 Å². The van der Waals surface area contributed by atoms with E-state index in [0.717, 1.165) is 42.7 Å². The first kappa shape index (κ1) is 17.5. The van der Waals surface area contributed by atoms with Crippen LogP contribution in [0.2, 0.25) is 0 Å². The number of hydrogen-bond donors (Lipinski definition) is 2. The average molecular weight is 318 g/mol. The number of aryl methyl sites for hydroxylation is 2. The van der Waals surface area contributed by atoms with Gasteiger partial charge in [-0.1, -0.05) is 25.1 Å². The van der Waals surface area contributed by atoms with Gasteiger partial charge in [0.2, 0.25) is 0 Å². The molecule has 2 atom stereocenters. The van der Waals surface area contributed by atoms with Crippen molar-refractivity contribution in [2.24, 2.45) is 11.8 Å². The molecule has 1 amide bonds. The Kier molecular flexibility index (Phi) is 6.16. The molecule has 1 aromatic carbocycles. The van der Waals surface area contributed by atoms with Crippen LogP contribution in [0.25, 0.3) is 0 Å². The Hall–Kier alpha value is -1.88. The van der Waals surface area contributed by atoms with Crippen molar-refractivity contribution in [2.45, 2.75) is 33.6 Å². The number of esters is 1. The number of benzene rings is 1. The highest BCUT2D eigenvalue weighted by molar-refractivity contribution is 5.94. The summed E-state index contributed by atoms with van der Waals surface area (Å²) in [6.45, 7) is 7.36. The molecule has 5 nitrogen and oxygen atoms in total. The molecule has 0 spiro atoms. The monoisotopic (exact) mass is 318 g/mol. The number of amides is 1. The van der Waals surface area contributed by atoms with Crippen LogP contribution < -0.4 is 10.6 Å². The van der Waals surface area contributed by atoms with Gasteiger partial charge in [-0.15, -0.1) is 0 Å². The van der Waals surface area contributed by atoms with E-state index in [1.54, 1.807) is 0 Å². The van der Waals surface area contributed by atoms with Gasteiger partial charge in [0.1, 0.15) is 0 Å². The Balaban J connectivity index is 1.82. The number of para-hydroxylation sites is 1. The minimum atomic E-state index is -0.301. The van der Waals surface area contributed by atoms with Crippen LogP contribution in [0, 0.1) is 25.7 Å². The zero-order valence-electron chi connectivity index (χ0n) is 14.1. The highest BCUT2D eigenvalue weighted by atomic mass is 16.5. The van der Waals surface area contributed by atoms with E-state index in [1.807, 2.05) is 39.0 Å². The van der Waals surface area contributed by atoms with E-state index >= 15 is 0 Å². The van der Waals surface area contributed by atoms with Gasteiger partial charge in [0.15, 0.2) is 6.61 Å². The lowest BCUT2D eigenvalue weighted by Gasteiger charge is -2.26. The van der Waals surface area contributed by atoms with Gasteiger partial charge in [-0.3, -0.25) is 9.59 Å². The summed E-state index contributed by atoms with van der Waals surface area (Å²) in [6, 6.07) is 5.82. The smallest absolute Gasteiger partial charge is 0.309 e. The SMILES string of the molecule is Cc1cccc(C)c1NC(=O)COC(=O)C(C)C1CCCNC1. The molecule has 1 saturated heterocycles. The Morgan fingerprint density at radius 2 is 2.04 bits per heavy atom. The fourth-order valence-corrected chi connectivity index (χ4v) is 2.95. The molecule has 1 aliphatic rings. The Morgan fingerprint density at radius 1 is 1.35 bits per heavy atom. The first-order valence-corrected chi connectivity index (χ1v) is 8.22. The lowest BCUT2D eigenvalue weighted by molar-refractivity contribution is -0.152. The minimum absolute atomic E-state index is 0.184. The van der Waals surface area contributed by atoms with Crippen LogP contribution in [-0.4, -0.2) is 31.6 Å². The van der Waals surface area contributed by atoms with E-state index in [-0.39, 0.29) is 30.3 Å². The number of nitrogens with one attached hydrogen (secondary N) is 2. The van der Waals surface area contributed by atoms with Gasteiger partial charge in [-0.05, 0) is 56.8 Å². The molecule has 0 radical (unpaired) electrons. The lowest BCUT2D eigenvalue weighted by atomic mass is 9.87. The van der Waals surface area contributed by atoms with Crippen LogP contribution in [0.1, 0.15) is 30.9 Å². The first-order valence-electron chi connectivity index (χ1n) is 8.22. The second kappa shape index (κ2) is 8.11. The van der Waals surface area contributed by atoms with E-state index in [4.69, 9.17) is 4.74 Å². The fraction of sp³-hybridized carbons (Fsp3) is 0.556. The third-order valence-corrected chi connectivity index (χ3v) is 4.50. The van der Waals surface area contributed by atoms with Gasteiger partial charge in [-0.2, -0.15) is 0 Å². The minimum Gasteiger partial charge on any atom is -0.455 e. The molecule has 1 aliphatic heterocycles. The van der Waals surface area contributed by atoms with Crippen LogP contribution in [0.3, 0.4) is 0 Å². The molecule has 1 aromatic rings. The zero-order valence-corrected chi connectivity index (χ0v) is 14.1. The summed E-state index contributed by atoms with van der Waals surface area (Å²) >= 11 is 0. The van der Waals surface area contributed by atoms with Crippen molar-refractivity contribution in [2.75, 3.05) is 25.0 Å². The maximum Gasteiger partial charge on any atom is 0.309 e. The van der Waals surface area contributed by atoms with Gasteiger partial charge in [0.25, 0.3) is 5.91 Å². The maximum absolute atomic E-state index is 12.1. The summed E-state index contributed by atoms with van der Waals surface area (Å²) in [5.74, 6) is -0.492. The Morgan fingerprint density at radius 3 is 2.65 bits per heavy atom. The summed E-state index contributed by atoms with van der Waals surface area (Å²) in [5, 5.41) is 6.12. The first-order chi connectivity index (χ1) is 11.0. The number of carbonyl (C=O) groups is 2. The number of hydrogen-bond acceptors (Lipinski definition) is 4. The molecule has 1 heterocycles. The Bertz CT molecular complexity index is 545. The lowest BCUT2D eigenvalue weighted by Crippen LogP contribution is -2.37. The third kappa shape index (κ3) is 4.79. The molecule has 0 saturated carbocycles. The van der Waals surface area contributed by atoms with Crippen molar-refractivity contribution in [1.29, 1.82) is 0 Å². The average Bonchev–Trinajstić information content (AvgIpc) is 2.56. The molecule has 2 N–H and O–H groups in total. The number of ether oxygens (including phenoxy) is 1. The second-order valence-electron chi connectivity index (χ2n) is 6.32. The summed E-state index contributed by atoms with van der Waals surface area (Å²) in [4.78, 5) is 24.1. The van der Waals surface area contributed by atoms with E-state index in [1.165, 1.54) is 0 Å². The largest absolute Gasteiger partial charge is 0.455 e. The predicted octanol–water partition coefficient (Wildman–Crippen LogP) is 2.42. The Labute approximate surface area is 137 Å². The standard InChI is InChI=1S/C18H26N2O3/c1-12-6-4-7-13(2)17(12)20-16(21)11-23-18(22)14(3)15-8-5-9-19-10-15/h4,6-7,14-15,19H,5,8-11H2,1-3H3,(H,20,21). The van der Waals surface area contributed by atoms with Gasteiger partial charge in [-0.25, -0.2) is 0 Å². The van der Waals surface area contributed by atoms with Crippen LogP contribution in [0.15, 0.2) is 18.2 Å². The molecule has 0 bridgehead atoms. The highest BCUT2D eigenvalue weighted by Crippen LogP contribution is 2.21. The molecule has 5 heteroatoms. The molecular weight excluding hydrogens is 292 g/mol. The highest BCUT2D eigenvalue weighted by Gasteiger charge is 2.27. The normalized spacial score (nSPS) is 19.0. The zero-order chi connectivity index (χ0) is 16.8. The van der Waals surface area contributed by atoms with Crippen LogP contribution >= 0.6 is 0 Å². The second-order valence-corrected chi connectivity index (χ2v) is 6.32. The number of anilines is 1. The third-order valence-electron chi connectivity index (χ3n) is 4.50. The molecule has 2 unspecified atom stereocenters. The summed E-state index contributed by atoms with van der Waals surface area (Å²) in [5.41, 5.74) is 2.77. The van der Waals surface area contributed by atoms with Crippen molar-refractivity contribution in [3.8, 4) is 0 Å². The molecule has 0 aromatic heterocycles. The summed E-state index contributed by atoms with van der Waals surface area (Å²) < 4.78 is 5.19. The van der Waals surface area contributed by atoms with E-state index in [9.17, 15) is 9.59 Å². The number of carbonyl (C=O) groups excluding carboxylic acids is 2. The molecule has 1 fully saturated rings. The maximum atomic E-state index is 12.1. The molecular formula is C18H26N2O3. The van der Waals surface area contributed by atoms with Gasteiger partial charge in [0, 0.05) is 5.69 Å². The van der Waals surface area contributed by atoms with Crippen molar-refractivity contribution in [1.82, 2.24) is 5.32 Å². The number of piperidine rings is 1. The molecule has 2 rings (SSSR count).